The molecular weight excluding hydrogens is 348 g/mol. The van der Waals surface area contributed by atoms with Gasteiger partial charge in [0.15, 0.2) is 0 Å². The summed E-state index contributed by atoms with van der Waals surface area (Å²) in [6.07, 6.45) is 0.735. The molecule has 0 unspecified atom stereocenters. The van der Waals surface area contributed by atoms with Gasteiger partial charge in [-0.2, -0.15) is 0 Å². The molecule has 1 aromatic heterocycles. The van der Waals surface area contributed by atoms with Crippen LogP contribution in [-0.4, -0.2) is 17.4 Å². The molecule has 2 aromatic rings. The number of rotatable bonds is 1. The molecular formula is C14H10BrF2NOS. The number of hydrogen-bond acceptors (Lipinski definition) is 2. The number of halogens is 3. The van der Waals surface area contributed by atoms with E-state index in [9.17, 15) is 13.6 Å². The molecule has 0 atom stereocenters. The highest BCUT2D eigenvalue weighted by Gasteiger charge is 2.27. The summed E-state index contributed by atoms with van der Waals surface area (Å²) in [6.45, 7) is 0.897. The van der Waals surface area contributed by atoms with Crippen LogP contribution in [0.15, 0.2) is 28.1 Å². The molecule has 1 aliphatic heterocycles. The average Bonchev–Trinajstić information content (AvgIpc) is 2.84. The zero-order valence-corrected chi connectivity index (χ0v) is 12.7. The molecule has 2 heterocycles. The van der Waals surface area contributed by atoms with E-state index in [2.05, 4.69) is 15.9 Å². The Kier molecular flexibility index (Phi) is 3.60. The third kappa shape index (κ3) is 2.38. The maximum Gasteiger partial charge on any atom is 0.260 e. The summed E-state index contributed by atoms with van der Waals surface area (Å²) in [5.74, 6) is -2.26. The molecule has 0 N–H and O–H groups in total. The van der Waals surface area contributed by atoms with E-state index < -0.39 is 23.1 Å². The summed E-state index contributed by atoms with van der Waals surface area (Å²) in [5.41, 5.74) is 0.583. The number of fused-ring (bicyclic) bond motifs is 1. The van der Waals surface area contributed by atoms with E-state index in [-0.39, 0.29) is 4.47 Å². The fraction of sp³-hybridized carbons (Fsp3) is 0.214. The summed E-state index contributed by atoms with van der Waals surface area (Å²) in [4.78, 5) is 15.1. The first-order valence-electron chi connectivity index (χ1n) is 6.05. The summed E-state index contributed by atoms with van der Waals surface area (Å²) >= 11 is 4.66. The van der Waals surface area contributed by atoms with Crippen molar-refractivity contribution in [1.82, 2.24) is 4.90 Å². The lowest BCUT2D eigenvalue weighted by Crippen LogP contribution is -2.36. The van der Waals surface area contributed by atoms with Crippen molar-refractivity contribution < 1.29 is 13.6 Å². The number of benzene rings is 1. The molecule has 1 amide bonds. The number of amides is 1. The lowest BCUT2D eigenvalue weighted by Gasteiger charge is -2.27. The molecule has 0 bridgehead atoms. The average molecular weight is 358 g/mol. The third-order valence-corrected chi connectivity index (χ3v) is 4.80. The van der Waals surface area contributed by atoms with Crippen LogP contribution in [0.25, 0.3) is 0 Å². The zero-order valence-electron chi connectivity index (χ0n) is 10.3. The maximum absolute atomic E-state index is 13.8. The molecule has 20 heavy (non-hydrogen) atoms. The first-order valence-corrected chi connectivity index (χ1v) is 7.72. The standard InChI is InChI=1S/C14H10BrF2NOS/c15-9-5-10(16)13(11(17)6-9)14(19)18-3-1-12-8(7-18)2-4-20-12/h2,4-6H,1,3,7H2. The fourth-order valence-electron chi connectivity index (χ4n) is 2.33. The highest BCUT2D eigenvalue weighted by atomic mass is 79.9. The van der Waals surface area contributed by atoms with Gasteiger partial charge in [-0.25, -0.2) is 8.78 Å². The maximum atomic E-state index is 13.8. The topological polar surface area (TPSA) is 20.3 Å². The van der Waals surface area contributed by atoms with Crippen LogP contribution in [0.4, 0.5) is 8.78 Å². The number of carbonyl (C=O) groups excluding carboxylic acids is 1. The second-order valence-electron chi connectivity index (χ2n) is 4.59. The molecule has 0 radical (unpaired) electrons. The van der Waals surface area contributed by atoms with Gasteiger partial charge in [-0.1, -0.05) is 15.9 Å². The first-order chi connectivity index (χ1) is 9.56. The van der Waals surface area contributed by atoms with E-state index in [1.165, 1.54) is 9.78 Å². The Labute approximate surface area is 127 Å². The number of nitrogens with zero attached hydrogens (tertiary/aromatic N) is 1. The molecule has 2 nitrogen and oxygen atoms in total. The van der Waals surface area contributed by atoms with Crippen molar-refractivity contribution in [3.63, 3.8) is 0 Å². The van der Waals surface area contributed by atoms with E-state index in [4.69, 9.17) is 0 Å². The Hall–Kier alpha value is -1.27. The molecule has 0 aliphatic carbocycles. The molecule has 1 aliphatic rings. The third-order valence-electron chi connectivity index (χ3n) is 3.32. The number of thiophene rings is 1. The molecule has 0 saturated carbocycles. The van der Waals surface area contributed by atoms with E-state index in [0.717, 1.165) is 24.1 Å². The molecule has 0 fully saturated rings. The van der Waals surface area contributed by atoms with Gasteiger partial charge in [0.1, 0.15) is 17.2 Å². The number of hydrogen-bond donors (Lipinski definition) is 0. The predicted octanol–water partition coefficient (Wildman–Crippen LogP) is 3.99. The Morgan fingerprint density at radius 2 is 2.00 bits per heavy atom. The molecule has 6 heteroatoms. The minimum absolute atomic E-state index is 0.280. The van der Waals surface area contributed by atoms with Gasteiger partial charge in [-0.3, -0.25) is 4.79 Å². The minimum atomic E-state index is -0.835. The highest BCUT2D eigenvalue weighted by molar-refractivity contribution is 9.10. The monoisotopic (exact) mass is 357 g/mol. The Bertz CT molecular complexity index is 663. The van der Waals surface area contributed by atoms with Gasteiger partial charge in [0.2, 0.25) is 0 Å². The molecule has 1 aromatic carbocycles. The van der Waals surface area contributed by atoms with Gasteiger partial charge in [0.25, 0.3) is 5.91 Å². The zero-order chi connectivity index (χ0) is 14.3. The molecule has 0 saturated heterocycles. The van der Waals surface area contributed by atoms with Gasteiger partial charge in [0, 0.05) is 22.4 Å². The Morgan fingerprint density at radius 3 is 2.70 bits per heavy atom. The van der Waals surface area contributed by atoms with Gasteiger partial charge < -0.3 is 4.90 Å². The van der Waals surface area contributed by atoms with Crippen molar-refractivity contribution in [2.45, 2.75) is 13.0 Å². The van der Waals surface area contributed by atoms with Crippen molar-refractivity contribution in [3.05, 3.63) is 55.7 Å². The van der Waals surface area contributed by atoms with Crippen LogP contribution in [0.1, 0.15) is 20.8 Å². The van der Waals surface area contributed by atoms with Crippen LogP contribution in [0, 0.1) is 11.6 Å². The van der Waals surface area contributed by atoms with E-state index in [1.54, 1.807) is 11.3 Å². The van der Waals surface area contributed by atoms with Crippen molar-refractivity contribution in [2.24, 2.45) is 0 Å². The lowest BCUT2D eigenvalue weighted by molar-refractivity contribution is 0.0726. The Morgan fingerprint density at radius 1 is 1.30 bits per heavy atom. The van der Waals surface area contributed by atoms with E-state index >= 15 is 0 Å². The van der Waals surface area contributed by atoms with Gasteiger partial charge in [-0.15, -0.1) is 11.3 Å². The summed E-state index contributed by atoms with van der Waals surface area (Å²) in [7, 11) is 0. The van der Waals surface area contributed by atoms with E-state index in [1.807, 2.05) is 11.4 Å². The number of carbonyl (C=O) groups is 1. The quantitative estimate of drug-likeness (QED) is 0.755. The minimum Gasteiger partial charge on any atom is -0.334 e. The van der Waals surface area contributed by atoms with Crippen LogP contribution in [-0.2, 0) is 13.0 Å². The largest absolute Gasteiger partial charge is 0.334 e. The normalized spacial score (nSPS) is 14.2. The molecule has 104 valence electrons. The molecule has 0 spiro atoms. The van der Waals surface area contributed by atoms with Gasteiger partial charge in [-0.05, 0) is 35.6 Å². The van der Waals surface area contributed by atoms with Crippen molar-refractivity contribution in [2.75, 3.05) is 6.54 Å². The predicted molar refractivity (Wildman–Crippen MR) is 76.8 cm³/mol. The van der Waals surface area contributed by atoms with Crippen LogP contribution in [0.3, 0.4) is 0 Å². The van der Waals surface area contributed by atoms with Gasteiger partial charge in [0.05, 0.1) is 0 Å². The lowest BCUT2D eigenvalue weighted by atomic mass is 10.1. The van der Waals surface area contributed by atoms with Gasteiger partial charge >= 0.3 is 0 Å². The second-order valence-corrected chi connectivity index (χ2v) is 6.51. The highest BCUT2D eigenvalue weighted by Crippen LogP contribution is 2.27. The summed E-state index contributed by atoms with van der Waals surface area (Å²) < 4.78 is 28.0. The fourth-order valence-corrected chi connectivity index (χ4v) is 3.62. The van der Waals surface area contributed by atoms with Crippen molar-refractivity contribution in [3.8, 4) is 0 Å². The van der Waals surface area contributed by atoms with Crippen LogP contribution >= 0.6 is 27.3 Å². The SMILES string of the molecule is O=C(c1c(F)cc(Br)cc1F)N1CCc2sccc2C1. The second kappa shape index (κ2) is 5.26. The molecule has 3 rings (SSSR count). The van der Waals surface area contributed by atoms with Crippen LogP contribution in [0.5, 0.6) is 0 Å². The first kappa shape index (κ1) is 13.7. The van der Waals surface area contributed by atoms with Crippen LogP contribution < -0.4 is 0 Å². The van der Waals surface area contributed by atoms with E-state index in [0.29, 0.717) is 13.1 Å². The summed E-state index contributed by atoms with van der Waals surface area (Å²) in [6, 6.07) is 4.17. The summed E-state index contributed by atoms with van der Waals surface area (Å²) in [5, 5.41) is 1.97. The van der Waals surface area contributed by atoms with Crippen molar-refractivity contribution >= 4 is 33.2 Å². The van der Waals surface area contributed by atoms with Crippen LogP contribution in [0.2, 0.25) is 0 Å². The van der Waals surface area contributed by atoms with Crippen molar-refractivity contribution in [1.29, 1.82) is 0 Å². The Balaban J connectivity index is 1.91. The smallest absolute Gasteiger partial charge is 0.260 e.